The standard InChI is InChI=1S/C19H25NO3/c1-20(15-16-6-4-7-19(14-16)22-3)12-5-13-23-18-10-8-17(21-2)9-11-18/h4,6-11,14H,5,12-13,15H2,1-3H3. The Balaban J connectivity index is 1.68. The Hall–Kier alpha value is -2.20. The molecule has 0 aromatic heterocycles. The third-order valence-electron chi connectivity index (χ3n) is 3.60. The van der Waals surface area contributed by atoms with E-state index in [1.54, 1.807) is 14.2 Å². The van der Waals surface area contributed by atoms with Crippen LogP contribution in [-0.4, -0.2) is 39.3 Å². The van der Waals surface area contributed by atoms with E-state index in [9.17, 15) is 0 Å². The predicted octanol–water partition coefficient (Wildman–Crippen LogP) is 3.60. The van der Waals surface area contributed by atoms with E-state index in [2.05, 4.69) is 24.1 Å². The lowest BCUT2D eigenvalue weighted by atomic mass is 10.2. The van der Waals surface area contributed by atoms with Crippen molar-refractivity contribution in [3.05, 3.63) is 54.1 Å². The lowest BCUT2D eigenvalue weighted by molar-refractivity contribution is 0.258. The zero-order valence-electron chi connectivity index (χ0n) is 14.1. The van der Waals surface area contributed by atoms with Crippen molar-refractivity contribution in [1.29, 1.82) is 0 Å². The molecule has 0 heterocycles. The van der Waals surface area contributed by atoms with Crippen LogP contribution in [0.25, 0.3) is 0 Å². The molecule has 23 heavy (non-hydrogen) atoms. The van der Waals surface area contributed by atoms with E-state index in [4.69, 9.17) is 14.2 Å². The van der Waals surface area contributed by atoms with E-state index in [1.807, 2.05) is 36.4 Å². The van der Waals surface area contributed by atoms with Crippen LogP contribution in [0.3, 0.4) is 0 Å². The molecule has 0 unspecified atom stereocenters. The minimum absolute atomic E-state index is 0.703. The molecule has 4 heteroatoms. The third kappa shape index (κ3) is 5.83. The third-order valence-corrected chi connectivity index (χ3v) is 3.60. The molecule has 0 amide bonds. The molecule has 2 aromatic carbocycles. The summed E-state index contributed by atoms with van der Waals surface area (Å²) in [6.45, 7) is 2.59. The van der Waals surface area contributed by atoms with Crippen molar-refractivity contribution in [3.63, 3.8) is 0 Å². The van der Waals surface area contributed by atoms with Crippen molar-refractivity contribution >= 4 is 0 Å². The Morgan fingerprint density at radius 1 is 0.870 bits per heavy atom. The van der Waals surface area contributed by atoms with E-state index in [0.717, 1.165) is 36.8 Å². The Bertz CT molecular complexity index is 583. The number of methoxy groups -OCH3 is 2. The summed E-state index contributed by atoms with van der Waals surface area (Å²) in [6, 6.07) is 15.9. The van der Waals surface area contributed by atoms with Crippen LogP contribution in [0.4, 0.5) is 0 Å². The Morgan fingerprint density at radius 2 is 1.57 bits per heavy atom. The van der Waals surface area contributed by atoms with Crippen molar-refractivity contribution in [3.8, 4) is 17.2 Å². The quantitative estimate of drug-likeness (QED) is 0.662. The molecular formula is C19H25NO3. The van der Waals surface area contributed by atoms with E-state index in [1.165, 1.54) is 5.56 Å². The molecule has 0 fully saturated rings. The fourth-order valence-electron chi connectivity index (χ4n) is 2.36. The first kappa shape index (κ1) is 17.2. The van der Waals surface area contributed by atoms with Gasteiger partial charge in [-0.05, 0) is 55.4 Å². The average molecular weight is 315 g/mol. The first-order valence-electron chi connectivity index (χ1n) is 7.79. The summed E-state index contributed by atoms with van der Waals surface area (Å²) in [5, 5.41) is 0. The number of rotatable bonds is 9. The molecular weight excluding hydrogens is 290 g/mol. The topological polar surface area (TPSA) is 30.9 Å². The van der Waals surface area contributed by atoms with Gasteiger partial charge in [-0.25, -0.2) is 0 Å². The van der Waals surface area contributed by atoms with Gasteiger partial charge in [0.15, 0.2) is 0 Å². The molecule has 0 radical (unpaired) electrons. The van der Waals surface area contributed by atoms with Gasteiger partial charge in [0.25, 0.3) is 0 Å². The number of hydrogen-bond donors (Lipinski definition) is 0. The smallest absolute Gasteiger partial charge is 0.119 e. The van der Waals surface area contributed by atoms with Crippen LogP contribution < -0.4 is 14.2 Å². The van der Waals surface area contributed by atoms with Crippen LogP contribution in [0.15, 0.2) is 48.5 Å². The highest BCUT2D eigenvalue weighted by Crippen LogP contribution is 2.17. The molecule has 0 aliphatic heterocycles. The maximum atomic E-state index is 5.74. The van der Waals surface area contributed by atoms with E-state index < -0.39 is 0 Å². The molecule has 0 saturated carbocycles. The van der Waals surface area contributed by atoms with Crippen LogP contribution >= 0.6 is 0 Å². The molecule has 0 aliphatic rings. The van der Waals surface area contributed by atoms with Gasteiger partial charge in [-0.1, -0.05) is 12.1 Å². The summed E-state index contributed by atoms with van der Waals surface area (Å²) < 4.78 is 16.1. The second kappa shape index (κ2) is 9.06. The zero-order valence-corrected chi connectivity index (χ0v) is 14.1. The minimum Gasteiger partial charge on any atom is -0.497 e. The highest BCUT2D eigenvalue weighted by atomic mass is 16.5. The number of nitrogens with zero attached hydrogens (tertiary/aromatic N) is 1. The normalized spacial score (nSPS) is 10.6. The number of hydrogen-bond acceptors (Lipinski definition) is 4. The van der Waals surface area contributed by atoms with E-state index >= 15 is 0 Å². The van der Waals surface area contributed by atoms with Crippen LogP contribution in [0.2, 0.25) is 0 Å². The van der Waals surface area contributed by atoms with Gasteiger partial charge in [0.05, 0.1) is 20.8 Å². The number of benzene rings is 2. The molecule has 0 N–H and O–H groups in total. The summed E-state index contributed by atoms with van der Waals surface area (Å²) >= 11 is 0. The molecule has 2 aromatic rings. The summed E-state index contributed by atoms with van der Waals surface area (Å²) in [4.78, 5) is 2.28. The SMILES string of the molecule is COc1ccc(OCCCN(C)Cc2cccc(OC)c2)cc1. The monoisotopic (exact) mass is 315 g/mol. The van der Waals surface area contributed by atoms with Crippen molar-refractivity contribution < 1.29 is 14.2 Å². The van der Waals surface area contributed by atoms with Crippen LogP contribution in [-0.2, 0) is 6.54 Å². The van der Waals surface area contributed by atoms with Crippen LogP contribution in [0.5, 0.6) is 17.2 Å². The van der Waals surface area contributed by atoms with Crippen molar-refractivity contribution in [2.75, 3.05) is 34.4 Å². The lowest BCUT2D eigenvalue weighted by Crippen LogP contribution is -2.20. The predicted molar refractivity (Wildman–Crippen MR) is 92.4 cm³/mol. The summed E-state index contributed by atoms with van der Waals surface area (Å²) in [5.74, 6) is 2.62. The maximum absolute atomic E-state index is 5.74. The van der Waals surface area contributed by atoms with Gasteiger partial charge in [0.1, 0.15) is 17.2 Å². The average Bonchev–Trinajstić information content (AvgIpc) is 2.59. The second-order valence-electron chi connectivity index (χ2n) is 5.47. The summed E-state index contributed by atoms with van der Waals surface area (Å²) in [5.41, 5.74) is 1.25. The Labute approximate surface area is 138 Å². The Morgan fingerprint density at radius 3 is 2.26 bits per heavy atom. The molecule has 4 nitrogen and oxygen atoms in total. The van der Waals surface area contributed by atoms with Gasteiger partial charge in [0, 0.05) is 13.1 Å². The first-order valence-corrected chi connectivity index (χ1v) is 7.79. The molecule has 2 rings (SSSR count). The van der Waals surface area contributed by atoms with Gasteiger partial charge in [0.2, 0.25) is 0 Å². The molecule has 0 saturated heterocycles. The highest BCUT2D eigenvalue weighted by molar-refractivity contribution is 5.31. The summed E-state index contributed by atoms with van der Waals surface area (Å²) in [7, 11) is 5.47. The van der Waals surface area contributed by atoms with Crippen LogP contribution in [0.1, 0.15) is 12.0 Å². The molecule has 0 bridgehead atoms. The van der Waals surface area contributed by atoms with Gasteiger partial charge in [-0.2, -0.15) is 0 Å². The lowest BCUT2D eigenvalue weighted by Gasteiger charge is -2.17. The van der Waals surface area contributed by atoms with E-state index in [-0.39, 0.29) is 0 Å². The molecule has 0 atom stereocenters. The fourth-order valence-corrected chi connectivity index (χ4v) is 2.36. The second-order valence-corrected chi connectivity index (χ2v) is 5.47. The van der Waals surface area contributed by atoms with Gasteiger partial charge in [-0.3, -0.25) is 0 Å². The highest BCUT2D eigenvalue weighted by Gasteiger charge is 2.02. The zero-order chi connectivity index (χ0) is 16.5. The molecule has 0 spiro atoms. The van der Waals surface area contributed by atoms with E-state index in [0.29, 0.717) is 6.61 Å². The number of ether oxygens (including phenoxy) is 3. The van der Waals surface area contributed by atoms with Gasteiger partial charge < -0.3 is 19.1 Å². The van der Waals surface area contributed by atoms with Gasteiger partial charge >= 0.3 is 0 Å². The van der Waals surface area contributed by atoms with Crippen molar-refractivity contribution in [2.24, 2.45) is 0 Å². The largest absolute Gasteiger partial charge is 0.497 e. The van der Waals surface area contributed by atoms with Crippen molar-refractivity contribution in [1.82, 2.24) is 4.90 Å². The Kier molecular flexibility index (Phi) is 6.76. The van der Waals surface area contributed by atoms with Gasteiger partial charge in [-0.15, -0.1) is 0 Å². The van der Waals surface area contributed by atoms with Crippen molar-refractivity contribution in [2.45, 2.75) is 13.0 Å². The minimum atomic E-state index is 0.703. The summed E-state index contributed by atoms with van der Waals surface area (Å²) in [6.07, 6.45) is 0.979. The maximum Gasteiger partial charge on any atom is 0.119 e. The fraction of sp³-hybridized carbons (Fsp3) is 0.368. The first-order chi connectivity index (χ1) is 11.2. The molecule has 0 aliphatic carbocycles. The van der Waals surface area contributed by atoms with Crippen LogP contribution in [0, 0.1) is 0 Å². The molecule has 124 valence electrons.